The van der Waals surface area contributed by atoms with Crippen LogP contribution >= 0.6 is 0 Å². The molecule has 0 spiro atoms. The van der Waals surface area contributed by atoms with Gasteiger partial charge in [-0.1, -0.05) is 202 Å². The van der Waals surface area contributed by atoms with E-state index in [0.717, 1.165) is 28.3 Å². The van der Waals surface area contributed by atoms with Crippen LogP contribution in [0.25, 0.3) is 83.1 Å². The smallest absolute Gasteiger partial charge is 0.0547 e. The Hall–Kier alpha value is -8.20. The fourth-order valence-corrected chi connectivity index (χ4v) is 10.4. The van der Waals surface area contributed by atoms with Gasteiger partial charge < -0.3 is 9.47 Å². The molecular formula is C63H46N2. The molecule has 1 aromatic heterocycles. The summed E-state index contributed by atoms with van der Waals surface area (Å²) in [5.41, 5.74) is 21.8. The van der Waals surface area contributed by atoms with Crippen molar-refractivity contribution < 1.29 is 0 Å². The Labute approximate surface area is 381 Å². The van der Waals surface area contributed by atoms with Crippen molar-refractivity contribution in [3.05, 3.63) is 254 Å². The molecule has 12 rings (SSSR count). The second-order valence-corrected chi connectivity index (χ2v) is 17.7. The summed E-state index contributed by atoms with van der Waals surface area (Å²) in [5.74, 6) is 0. The highest BCUT2D eigenvalue weighted by Gasteiger charge is 2.35. The Bertz CT molecular complexity index is 3520. The predicted octanol–water partition coefficient (Wildman–Crippen LogP) is 17.2. The first-order valence-corrected chi connectivity index (χ1v) is 22.6. The molecule has 0 saturated carbocycles. The lowest BCUT2D eigenvalue weighted by molar-refractivity contribution is 0.660. The number of aromatic nitrogens is 1. The molecular weight excluding hydrogens is 785 g/mol. The van der Waals surface area contributed by atoms with Gasteiger partial charge in [-0.25, -0.2) is 0 Å². The van der Waals surface area contributed by atoms with Crippen LogP contribution in [0.15, 0.2) is 243 Å². The zero-order valence-electron chi connectivity index (χ0n) is 36.5. The zero-order valence-corrected chi connectivity index (χ0v) is 36.5. The summed E-state index contributed by atoms with van der Waals surface area (Å²) >= 11 is 0. The molecule has 11 aromatic rings. The summed E-state index contributed by atoms with van der Waals surface area (Å²) in [6.45, 7) is 4.71. The molecule has 0 aliphatic heterocycles. The molecule has 0 unspecified atom stereocenters. The maximum atomic E-state index is 2.46. The first kappa shape index (κ1) is 38.5. The second kappa shape index (κ2) is 15.6. The van der Waals surface area contributed by atoms with E-state index in [1.165, 1.54) is 83.0 Å². The number of hydrogen-bond acceptors (Lipinski definition) is 1. The van der Waals surface area contributed by atoms with Gasteiger partial charge in [0, 0.05) is 38.8 Å². The summed E-state index contributed by atoms with van der Waals surface area (Å²) in [7, 11) is 0. The standard InChI is InChI=1S/C63H46N2/c1-63(2)57-24-12-9-21-54(57)55-41-40-51(42-58(55)63)64(49-36-32-46(33-37-49)44-18-7-4-8-19-44)50-38-34-47(35-39-50)52-20-10-13-25-59(52)65-60-26-14-11-22-56(60)62-53(23-15-27-61(62)65)48-30-28-45(29-31-48)43-16-5-3-6-17-43/h3-42H,1-2H3. The van der Waals surface area contributed by atoms with E-state index < -0.39 is 0 Å². The Kier molecular flexibility index (Phi) is 9.21. The number of rotatable bonds is 8. The lowest BCUT2D eigenvalue weighted by Crippen LogP contribution is -2.16. The molecule has 308 valence electrons. The van der Waals surface area contributed by atoms with Crippen molar-refractivity contribution in [2.24, 2.45) is 0 Å². The topological polar surface area (TPSA) is 8.17 Å². The maximum absolute atomic E-state index is 2.46. The SMILES string of the molecule is CC1(C)c2ccccc2-c2ccc(N(c3ccc(-c4ccccc4)cc3)c3ccc(-c4ccccc4-n4c5ccccc5c5c(-c6ccc(-c7ccccc7)cc6)cccc54)cc3)cc21. The van der Waals surface area contributed by atoms with Gasteiger partial charge in [-0.3, -0.25) is 0 Å². The molecule has 0 N–H and O–H groups in total. The molecule has 2 nitrogen and oxygen atoms in total. The van der Waals surface area contributed by atoms with Crippen LogP contribution in [-0.2, 0) is 5.41 Å². The van der Waals surface area contributed by atoms with Crippen LogP contribution in [0, 0.1) is 0 Å². The minimum Gasteiger partial charge on any atom is -0.310 e. The average Bonchev–Trinajstić information content (AvgIpc) is 3.83. The van der Waals surface area contributed by atoms with Gasteiger partial charge in [0.2, 0.25) is 0 Å². The third kappa shape index (κ3) is 6.49. The van der Waals surface area contributed by atoms with E-state index >= 15 is 0 Å². The van der Waals surface area contributed by atoms with Crippen LogP contribution in [0.3, 0.4) is 0 Å². The Morgan fingerprint density at radius 1 is 0.323 bits per heavy atom. The van der Waals surface area contributed by atoms with Crippen molar-refractivity contribution in [2.75, 3.05) is 4.90 Å². The molecule has 1 heterocycles. The molecule has 2 heteroatoms. The van der Waals surface area contributed by atoms with E-state index in [1.807, 2.05) is 0 Å². The normalized spacial score (nSPS) is 12.6. The molecule has 0 saturated heterocycles. The number of nitrogens with zero attached hydrogens (tertiary/aromatic N) is 2. The summed E-state index contributed by atoms with van der Waals surface area (Å²) in [4.78, 5) is 2.41. The minimum absolute atomic E-state index is 0.112. The summed E-state index contributed by atoms with van der Waals surface area (Å²) in [6, 6.07) is 88.7. The van der Waals surface area contributed by atoms with E-state index in [1.54, 1.807) is 0 Å². The van der Waals surface area contributed by atoms with Crippen molar-refractivity contribution in [3.8, 4) is 61.3 Å². The summed E-state index contributed by atoms with van der Waals surface area (Å²) in [5, 5.41) is 2.50. The van der Waals surface area contributed by atoms with Gasteiger partial charge in [-0.05, 0) is 116 Å². The van der Waals surface area contributed by atoms with Gasteiger partial charge in [-0.2, -0.15) is 0 Å². The van der Waals surface area contributed by atoms with Crippen LogP contribution in [0.2, 0.25) is 0 Å². The van der Waals surface area contributed by atoms with Crippen molar-refractivity contribution >= 4 is 38.9 Å². The zero-order chi connectivity index (χ0) is 43.5. The van der Waals surface area contributed by atoms with E-state index in [-0.39, 0.29) is 5.41 Å². The Morgan fingerprint density at radius 2 is 0.785 bits per heavy atom. The number of benzene rings is 10. The number of hydrogen-bond donors (Lipinski definition) is 0. The molecule has 0 fully saturated rings. The maximum Gasteiger partial charge on any atom is 0.0547 e. The second-order valence-electron chi connectivity index (χ2n) is 17.7. The van der Waals surface area contributed by atoms with Crippen molar-refractivity contribution in [2.45, 2.75) is 19.3 Å². The van der Waals surface area contributed by atoms with Crippen LogP contribution in [0.4, 0.5) is 17.1 Å². The van der Waals surface area contributed by atoms with E-state index in [9.17, 15) is 0 Å². The third-order valence-corrected chi connectivity index (χ3v) is 13.6. The summed E-state index contributed by atoms with van der Waals surface area (Å²) < 4.78 is 2.46. The molecule has 1 aliphatic rings. The van der Waals surface area contributed by atoms with Crippen molar-refractivity contribution in [1.82, 2.24) is 4.57 Å². The van der Waals surface area contributed by atoms with Crippen LogP contribution in [0.1, 0.15) is 25.0 Å². The first-order chi connectivity index (χ1) is 32.0. The van der Waals surface area contributed by atoms with E-state index in [0.29, 0.717) is 0 Å². The molecule has 0 bridgehead atoms. The van der Waals surface area contributed by atoms with Gasteiger partial charge in [0.15, 0.2) is 0 Å². The minimum atomic E-state index is -0.112. The molecule has 0 radical (unpaired) electrons. The fourth-order valence-electron chi connectivity index (χ4n) is 10.4. The Balaban J connectivity index is 0.958. The third-order valence-electron chi connectivity index (χ3n) is 13.6. The van der Waals surface area contributed by atoms with Gasteiger partial charge in [0.05, 0.1) is 16.7 Å². The Morgan fingerprint density at radius 3 is 1.48 bits per heavy atom. The lowest BCUT2D eigenvalue weighted by Gasteiger charge is -2.28. The number of para-hydroxylation sites is 2. The highest BCUT2D eigenvalue weighted by atomic mass is 15.1. The van der Waals surface area contributed by atoms with Gasteiger partial charge >= 0.3 is 0 Å². The van der Waals surface area contributed by atoms with Crippen molar-refractivity contribution in [3.63, 3.8) is 0 Å². The highest BCUT2D eigenvalue weighted by molar-refractivity contribution is 6.16. The summed E-state index contributed by atoms with van der Waals surface area (Å²) in [6.07, 6.45) is 0. The predicted molar refractivity (Wildman–Crippen MR) is 275 cm³/mol. The number of anilines is 3. The monoisotopic (exact) mass is 830 g/mol. The molecule has 1 aliphatic carbocycles. The lowest BCUT2D eigenvalue weighted by atomic mass is 9.82. The van der Waals surface area contributed by atoms with Crippen molar-refractivity contribution in [1.29, 1.82) is 0 Å². The van der Waals surface area contributed by atoms with E-state index in [2.05, 4.69) is 266 Å². The van der Waals surface area contributed by atoms with Crippen LogP contribution in [-0.4, -0.2) is 4.57 Å². The quantitative estimate of drug-likeness (QED) is 0.148. The largest absolute Gasteiger partial charge is 0.310 e. The average molecular weight is 831 g/mol. The van der Waals surface area contributed by atoms with Gasteiger partial charge in [0.25, 0.3) is 0 Å². The first-order valence-electron chi connectivity index (χ1n) is 22.6. The fraction of sp³-hybridized carbons (Fsp3) is 0.0476. The van der Waals surface area contributed by atoms with Gasteiger partial charge in [-0.15, -0.1) is 0 Å². The van der Waals surface area contributed by atoms with Crippen LogP contribution in [0.5, 0.6) is 0 Å². The van der Waals surface area contributed by atoms with Crippen LogP contribution < -0.4 is 4.90 Å². The molecule has 65 heavy (non-hydrogen) atoms. The van der Waals surface area contributed by atoms with Gasteiger partial charge in [0.1, 0.15) is 0 Å². The highest BCUT2D eigenvalue weighted by Crippen LogP contribution is 2.51. The van der Waals surface area contributed by atoms with E-state index in [4.69, 9.17) is 0 Å². The molecule has 10 aromatic carbocycles. The molecule has 0 atom stereocenters. The number of fused-ring (bicyclic) bond motifs is 6. The molecule has 0 amide bonds.